The molecule has 0 aromatic carbocycles. The van der Waals surface area contributed by atoms with Gasteiger partial charge in [0.05, 0.1) is 16.8 Å². The number of nitrogens with one attached hydrogen (secondary N) is 1. The van der Waals surface area contributed by atoms with Crippen LogP contribution in [0.1, 0.15) is 36.1 Å². The normalized spacial score (nSPS) is 14.8. The summed E-state index contributed by atoms with van der Waals surface area (Å²) < 4.78 is 6.68. The van der Waals surface area contributed by atoms with E-state index in [1.807, 2.05) is 0 Å². The average Bonchev–Trinajstić information content (AvgIpc) is 3.09. The van der Waals surface area contributed by atoms with Gasteiger partial charge in [-0.1, -0.05) is 0 Å². The molecule has 0 unspecified atom stereocenters. The van der Waals surface area contributed by atoms with Crippen molar-refractivity contribution in [2.75, 3.05) is 5.32 Å². The molecule has 7 heteroatoms. The lowest BCUT2D eigenvalue weighted by molar-refractivity contribution is 0.457. The highest BCUT2D eigenvalue weighted by Gasteiger charge is 2.29. The number of anilines is 1. The van der Waals surface area contributed by atoms with Crippen molar-refractivity contribution in [1.82, 2.24) is 20.2 Å². The molecule has 3 aromatic rings. The molecule has 0 atom stereocenters. The molecule has 20 heavy (non-hydrogen) atoms. The number of fused-ring (bicyclic) bond motifs is 1. The van der Waals surface area contributed by atoms with Gasteiger partial charge in [-0.15, -0.1) is 21.5 Å². The van der Waals surface area contributed by atoms with Crippen LogP contribution in [0.2, 0.25) is 0 Å². The molecule has 0 radical (unpaired) electrons. The molecule has 0 amide bonds. The molecule has 6 nitrogen and oxygen atoms in total. The van der Waals surface area contributed by atoms with E-state index in [0.29, 0.717) is 18.4 Å². The summed E-state index contributed by atoms with van der Waals surface area (Å²) in [6, 6.07) is 0. The van der Waals surface area contributed by atoms with Crippen molar-refractivity contribution >= 4 is 27.4 Å². The van der Waals surface area contributed by atoms with Crippen LogP contribution in [-0.2, 0) is 6.54 Å². The third-order valence-corrected chi connectivity index (χ3v) is 4.44. The standard InChI is InChI=1S/C13H13N5OS/c1-7-5-20-11-10(7)15-6-16-12(11)14-4-9-17-18-13(19-9)8-2-3-8/h5-6,8H,2-4H2,1H3,(H,14,15,16). The molecule has 0 spiro atoms. The molecule has 102 valence electrons. The minimum atomic E-state index is 0.488. The zero-order valence-corrected chi connectivity index (χ0v) is 11.8. The maximum atomic E-state index is 5.62. The lowest BCUT2D eigenvalue weighted by atomic mass is 10.3. The van der Waals surface area contributed by atoms with Crippen LogP contribution in [0.5, 0.6) is 0 Å². The van der Waals surface area contributed by atoms with Crippen LogP contribution in [0.4, 0.5) is 5.82 Å². The van der Waals surface area contributed by atoms with Crippen molar-refractivity contribution in [3.05, 3.63) is 29.1 Å². The van der Waals surface area contributed by atoms with E-state index in [1.165, 1.54) is 5.56 Å². The van der Waals surface area contributed by atoms with Gasteiger partial charge in [0.15, 0.2) is 0 Å². The summed E-state index contributed by atoms with van der Waals surface area (Å²) in [5, 5.41) is 13.5. The maximum absolute atomic E-state index is 5.62. The monoisotopic (exact) mass is 287 g/mol. The lowest BCUT2D eigenvalue weighted by Gasteiger charge is -2.03. The zero-order chi connectivity index (χ0) is 13.5. The molecular weight excluding hydrogens is 274 g/mol. The van der Waals surface area contributed by atoms with E-state index >= 15 is 0 Å². The molecule has 4 rings (SSSR count). The average molecular weight is 287 g/mol. The van der Waals surface area contributed by atoms with Gasteiger partial charge in [0.2, 0.25) is 11.8 Å². The largest absolute Gasteiger partial charge is 0.423 e. The molecule has 1 fully saturated rings. The van der Waals surface area contributed by atoms with Gasteiger partial charge in [0.25, 0.3) is 0 Å². The van der Waals surface area contributed by atoms with Gasteiger partial charge in [-0.2, -0.15) is 0 Å². The van der Waals surface area contributed by atoms with Crippen LogP contribution in [0.25, 0.3) is 10.2 Å². The van der Waals surface area contributed by atoms with Gasteiger partial charge in [0, 0.05) is 5.92 Å². The molecular formula is C13H13N5OS. The van der Waals surface area contributed by atoms with Crippen LogP contribution >= 0.6 is 11.3 Å². The summed E-state index contributed by atoms with van der Waals surface area (Å²) in [5.74, 6) is 2.68. The Balaban J connectivity index is 1.54. The summed E-state index contributed by atoms with van der Waals surface area (Å²) in [4.78, 5) is 8.59. The molecule has 1 aliphatic rings. The van der Waals surface area contributed by atoms with Crippen molar-refractivity contribution < 1.29 is 4.42 Å². The number of aromatic nitrogens is 4. The number of hydrogen-bond acceptors (Lipinski definition) is 7. The van der Waals surface area contributed by atoms with Crippen LogP contribution < -0.4 is 5.32 Å². The van der Waals surface area contributed by atoms with E-state index in [9.17, 15) is 0 Å². The fraction of sp³-hybridized carbons (Fsp3) is 0.385. The second kappa shape index (κ2) is 4.52. The van der Waals surface area contributed by atoms with Crippen LogP contribution in [0, 0.1) is 6.92 Å². The Morgan fingerprint density at radius 3 is 3.10 bits per heavy atom. The van der Waals surface area contributed by atoms with E-state index in [-0.39, 0.29) is 0 Å². The topological polar surface area (TPSA) is 76.7 Å². The minimum Gasteiger partial charge on any atom is -0.423 e. The van der Waals surface area contributed by atoms with E-state index in [1.54, 1.807) is 17.7 Å². The highest BCUT2D eigenvalue weighted by atomic mass is 32.1. The van der Waals surface area contributed by atoms with Crippen LogP contribution in [0.3, 0.4) is 0 Å². The predicted octanol–water partition coefficient (Wildman–Crippen LogP) is 2.87. The molecule has 1 aliphatic carbocycles. The fourth-order valence-electron chi connectivity index (χ4n) is 2.09. The number of nitrogens with zero attached hydrogens (tertiary/aromatic N) is 4. The number of aryl methyl sites for hydroxylation is 1. The molecule has 3 aromatic heterocycles. The summed E-state index contributed by atoms with van der Waals surface area (Å²) in [5.41, 5.74) is 2.17. The van der Waals surface area contributed by atoms with Crippen molar-refractivity contribution in [2.24, 2.45) is 0 Å². The second-order valence-electron chi connectivity index (χ2n) is 4.98. The zero-order valence-electron chi connectivity index (χ0n) is 11.0. The maximum Gasteiger partial charge on any atom is 0.235 e. The third-order valence-electron chi connectivity index (χ3n) is 3.35. The first kappa shape index (κ1) is 11.8. The van der Waals surface area contributed by atoms with E-state index in [2.05, 4.69) is 37.8 Å². The smallest absolute Gasteiger partial charge is 0.235 e. The number of thiophene rings is 1. The summed E-state index contributed by atoms with van der Waals surface area (Å²) >= 11 is 1.64. The van der Waals surface area contributed by atoms with Crippen LogP contribution in [-0.4, -0.2) is 20.2 Å². The van der Waals surface area contributed by atoms with Crippen molar-refractivity contribution in [3.8, 4) is 0 Å². The molecule has 0 aliphatic heterocycles. The lowest BCUT2D eigenvalue weighted by Crippen LogP contribution is -2.02. The van der Waals surface area contributed by atoms with E-state index in [0.717, 1.165) is 34.8 Å². The quantitative estimate of drug-likeness (QED) is 0.795. The SMILES string of the molecule is Cc1csc2c(NCc3nnc(C4CC4)o3)ncnc12. The predicted molar refractivity (Wildman–Crippen MR) is 75.8 cm³/mol. The van der Waals surface area contributed by atoms with Gasteiger partial charge in [-0.25, -0.2) is 9.97 Å². The Morgan fingerprint density at radius 2 is 2.25 bits per heavy atom. The molecule has 1 N–H and O–H groups in total. The highest BCUT2D eigenvalue weighted by Crippen LogP contribution is 2.39. The Bertz CT molecular complexity index is 761. The first-order valence-corrected chi connectivity index (χ1v) is 7.44. The van der Waals surface area contributed by atoms with Crippen molar-refractivity contribution in [1.29, 1.82) is 0 Å². The first-order valence-electron chi connectivity index (χ1n) is 6.56. The van der Waals surface area contributed by atoms with E-state index < -0.39 is 0 Å². The Kier molecular flexibility index (Phi) is 2.66. The first-order chi connectivity index (χ1) is 9.81. The van der Waals surface area contributed by atoms with Gasteiger partial charge in [-0.3, -0.25) is 0 Å². The van der Waals surface area contributed by atoms with E-state index in [4.69, 9.17) is 4.42 Å². The van der Waals surface area contributed by atoms with Crippen LogP contribution in [0.15, 0.2) is 16.1 Å². The molecule has 3 heterocycles. The van der Waals surface area contributed by atoms with Gasteiger partial charge in [0.1, 0.15) is 12.1 Å². The molecule has 0 bridgehead atoms. The van der Waals surface area contributed by atoms with Crippen molar-refractivity contribution in [2.45, 2.75) is 32.2 Å². The minimum absolute atomic E-state index is 0.488. The third kappa shape index (κ3) is 2.03. The summed E-state index contributed by atoms with van der Waals surface area (Å²) in [6.07, 6.45) is 3.90. The molecule has 1 saturated carbocycles. The number of rotatable bonds is 4. The molecule has 0 saturated heterocycles. The second-order valence-corrected chi connectivity index (χ2v) is 5.86. The Hall–Kier alpha value is -2.02. The summed E-state index contributed by atoms with van der Waals surface area (Å²) in [6.45, 7) is 2.54. The van der Waals surface area contributed by atoms with Gasteiger partial charge in [-0.05, 0) is 30.7 Å². The Morgan fingerprint density at radius 1 is 1.35 bits per heavy atom. The van der Waals surface area contributed by atoms with Gasteiger partial charge >= 0.3 is 0 Å². The fourth-order valence-corrected chi connectivity index (χ4v) is 3.06. The summed E-state index contributed by atoms with van der Waals surface area (Å²) in [7, 11) is 0. The Labute approximate surface area is 119 Å². The highest BCUT2D eigenvalue weighted by molar-refractivity contribution is 7.18. The van der Waals surface area contributed by atoms with Gasteiger partial charge < -0.3 is 9.73 Å². The van der Waals surface area contributed by atoms with Crippen molar-refractivity contribution in [3.63, 3.8) is 0 Å². The number of hydrogen-bond donors (Lipinski definition) is 1.